The summed E-state index contributed by atoms with van der Waals surface area (Å²) in [6.07, 6.45) is 14.7. The second-order valence-electron chi connectivity index (χ2n) is 7.45. The highest BCUT2D eigenvalue weighted by atomic mass is 32.2. The number of unbranched alkanes of at least 4 members (excludes halogenated alkanes) is 3. The maximum Gasteiger partial charge on any atom is 0.303 e. The standard InChI is InChI=1S/C20H34O4S/c1-2-3-8-14-25(23)15-13-17-16(18-11-12-19(17)24-18)9-6-4-5-7-10-20(21)22/h4,6,16-19H,2-3,5,7-15H2,1H3,(H,21,22)/t16-,17+,18-,19+,25?/m1/s1. The van der Waals surface area contributed by atoms with Gasteiger partial charge in [-0.25, -0.2) is 0 Å². The van der Waals surface area contributed by atoms with Gasteiger partial charge in [0.15, 0.2) is 0 Å². The van der Waals surface area contributed by atoms with Crippen molar-refractivity contribution in [1.82, 2.24) is 0 Å². The average molecular weight is 371 g/mol. The molecule has 0 aromatic rings. The first kappa shape index (κ1) is 20.6. The number of aliphatic carboxylic acids is 1. The molecule has 0 amide bonds. The number of fused-ring (bicyclic) bond motifs is 2. The molecule has 2 rings (SSSR count). The summed E-state index contributed by atoms with van der Waals surface area (Å²) in [5, 5.41) is 8.66. The minimum absolute atomic E-state index is 0.244. The summed E-state index contributed by atoms with van der Waals surface area (Å²) in [6, 6.07) is 0. The largest absolute Gasteiger partial charge is 0.481 e. The fourth-order valence-electron chi connectivity index (χ4n) is 4.22. The Morgan fingerprint density at radius 2 is 1.88 bits per heavy atom. The molecular weight excluding hydrogens is 336 g/mol. The van der Waals surface area contributed by atoms with Crippen molar-refractivity contribution in [3.05, 3.63) is 12.2 Å². The van der Waals surface area contributed by atoms with Crippen LogP contribution in [0.4, 0.5) is 0 Å². The van der Waals surface area contributed by atoms with Crippen molar-refractivity contribution in [2.75, 3.05) is 11.5 Å². The third-order valence-corrected chi connectivity index (χ3v) is 7.02. The lowest BCUT2D eigenvalue weighted by molar-refractivity contribution is -0.137. The summed E-state index contributed by atoms with van der Waals surface area (Å²) in [7, 11) is -0.678. The van der Waals surface area contributed by atoms with Gasteiger partial charge in [-0.15, -0.1) is 0 Å². The molecule has 25 heavy (non-hydrogen) atoms. The molecule has 0 radical (unpaired) electrons. The van der Waals surface area contributed by atoms with Crippen LogP contribution in [0.5, 0.6) is 0 Å². The molecule has 0 spiro atoms. The summed E-state index contributed by atoms with van der Waals surface area (Å²) >= 11 is 0. The van der Waals surface area contributed by atoms with Crippen LogP contribution in [0.3, 0.4) is 0 Å². The molecule has 0 aliphatic carbocycles. The molecule has 2 fully saturated rings. The van der Waals surface area contributed by atoms with E-state index in [-0.39, 0.29) is 6.42 Å². The van der Waals surface area contributed by atoms with Crippen molar-refractivity contribution >= 4 is 16.8 Å². The number of hydrogen-bond donors (Lipinski definition) is 1. The molecule has 2 bridgehead atoms. The van der Waals surface area contributed by atoms with Gasteiger partial charge < -0.3 is 9.84 Å². The van der Waals surface area contributed by atoms with Gasteiger partial charge in [-0.2, -0.15) is 0 Å². The van der Waals surface area contributed by atoms with Crippen LogP contribution in [0, 0.1) is 11.8 Å². The lowest BCUT2D eigenvalue weighted by Crippen LogP contribution is -2.28. The number of carboxylic acids is 1. The quantitative estimate of drug-likeness (QED) is 0.387. The highest BCUT2D eigenvalue weighted by Crippen LogP contribution is 2.46. The van der Waals surface area contributed by atoms with E-state index in [1.807, 2.05) is 0 Å². The van der Waals surface area contributed by atoms with Crippen LogP contribution in [0.2, 0.25) is 0 Å². The Balaban J connectivity index is 1.72. The Bertz CT molecular complexity index is 463. The first-order valence-electron chi connectivity index (χ1n) is 9.99. The van der Waals surface area contributed by atoms with E-state index < -0.39 is 16.8 Å². The minimum atomic E-state index is -0.720. The van der Waals surface area contributed by atoms with Crippen LogP contribution in [0.1, 0.15) is 71.1 Å². The van der Waals surface area contributed by atoms with Crippen LogP contribution in [0.15, 0.2) is 12.2 Å². The van der Waals surface area contributed by atoms with Crippen molar-refractivity contribution in [2.24, 2.45) is 11.8 Å². The molecule has 0 aromatic heterocycles. The maximum absolute atomic E-state index is 12.2. The molecule has 2 aliphatic rings. The summed E-state index contributed by atoms with van der Waals surface area (Å²) in [4.78, 5) is 10.5. The van der Waals surface area contributed by atoms with Crippen LogP contribution in [0.25, 0.3) is 0 Å². The van der Waals surface area contributed by atoms with Gasteiger partial charge in [-0.1, -0.05) is 31.9 Å². The highest BCUT2D eigenvalue weighted by Gasteiger charge is 2.47. The van der Waals surface area contributed by atoms with Gasteiger partial charge in [0.25, 0.3) is 0 Å². The molecule has 5 atom stereocenters. The molecule has 144 valence electrons. The molecule has 2 aliphatic heterocycles. The monoisotopic (exact) mass is 370 g/mol. The third kappa shape index (κ3) is 6.86. The zero-order chi connectivity index (χ0) is 18.1. The molecule has 2 heterocycles. The highest BCUT2D eigenvalue weighted by molar-refractivity contribution is 7.84. The van der Waals surface area contributed by atoms with Gasteiger partial charge in [0, 0.05) is 28.7 Å². The number of allylic oxidation sites excluding steroid dienone is 2. The van der Waals surface area contributed by atoms with E-state index in [1.165, 1.54) is 12.8 Å². The zero-order valence-electron chi connectivity index (χ0n) is 15.5. The second-order valence-corrected chi connectivity index (χ2v) is 9.15. The lowest BCUT2D eigenvalue weighted by Gasteiger charge is -2.27. The van der Waals surface area contributed by atoms with Gasteiger partial charge in [0.2, 0.25) is 0 Å². The Labute approximate surface area is 154 Å². The number of hydrogen-bond acceptors (Lipinski definition) is 3. The maximum atomic E-state index is 12.2. The van der Waals surface area contributed by atoms with E-state index in [0.717, 1.165) is 50.0 Å². The van der Waals surface area contributed by atoms with E-state index in [4.69, 9.17) is 9.84 Å². The summed E-state index contributed by atoms with van der Waals surface area (Å²) in [5.41, 5.74) is 0. The Morgan fingerprint density at radius 1 is 1.12 bits per heavy atom. The van der Waals surface area contributed by atoms with Crippen molar-refractivity contribution in [1.29, 1.82) is 0 Å². The fraction of sp³-hybridized carbons (Fsp3) is 0.850. The summed E-state index contributed by atoms with van der Waals surface area (Å²) in [5.74, 6) is 2.06. The number of carboxylic acid groups (broad SMARTS) is 1. The summed E-state index contributed by atoms with van der Waals surface area (Å²) in [6.45, 7) is 2.18. The first-order valence-corrected chi connectivity index (χ1v) is 11.5. The van der Waals surface area contributed by atoms with Crippen LogP contribution in [-0.2, 0) is 20.3 Å². The van der Waals surface area contributed by atoms with E-state index in [0.29, 0.717) is 30.5 Å². The number of rotatable bonds is 13. The molecular formula is C20H34O4S. The number of ether oxygens (including phenoxy) is 1. The molecule has 1 unspecified atom stereocenters. The molecule has 5 heteroatoms. The molecule has 2 saturated heterocycles. The van der Waals surface area contributed by atoms with Crippen molar-refractivity contribution in [3.8, 4) is 0 Å². The van der Waals surface area contributed by atoms with Crippen molar-refractivity contribution < 1.29 is 18.8 Å². The van der Waals surface area contributed by atoms with Gasteiger partial charge in [0.1, 0.15) is 0 Å². The average Bonchev–Trinajstić information content (AvgIpc) is 3.17. The van der Waals surface area contributed by atoms with Gasteiger partial charge in [0.05, 0.1) is 12.2 Å². The van der Waals surface area contributed by atoms with Crippen LogP contribution < -0.4 is 0 Å². The lowest BCUT2D eigenvalue weighted by atomic mass is 9.76. The molecule has 1 N–H and O–H groups in total. The minimum Gasteiger partial charge on any atom is -0.481 e. The Kier molecular flexibility index (Phi) is 9.18. The smallest absolute Gasteiger partial charge is 0.303 e. The van der Waals surface area contributed by atoms with Gasteiger partial charge in [-0.05, 0) is 56.8 Å². The van der Waals surface area contributed by atoms with E-state index in [2.05, 4.69) is 19.1 Å². The third-order valence-electron chi connectivity index (χ3n) is 5.58. The second kappa shape index (κ2) is 11.1. The fourth-order valence-corrected chi connectivity index (χ4v) is 5.49. The van der Waals surface area contributed by atoms with E-state index in [9.17, 15) is 9.00 Å². The zero-order valence-corrected chi connectivity index (χ0v) is 16.3. The molecule has 0 aromatic carbocycles. The van der Waals surface area contributed by atoms with Gasteiger partial charge >= 0.3 is 5.97 Å². The molecule has 4 nitrogen and oxygen atoms in total. The van der Waals surface area contributed by atoms with E-state index >= 15 is 0 Å². The van der Waals surface area contributed by atoms with Crippen molar-refractivity contribution in [2.45, 2.75) is 83.3 Å². The first-order chi connectivity index (χ1) is 12.1. The normalized spacial score (nSPS) is 29.5. The van der Waals surface area contributed by atoms with Crippen molar-refractivity contribution in [3.63, 3.8) is 0 Å². The number of carbonyl (C=O) groups is 1. The predicted octanol–water partition coefficient (Wildman–Crippen LogP) is 4.31. The predicted molar refractivity (Wildman–Crippen MR) is 102 cm³/mol. The Hall–Kier alpha value is -0.680. The van der Waals surface area contributed by atoms with Crippen LogP contribution >= 0.6 is 0 Å². The SMILES string of the molecule is CCCCCS(=O)CC[C@H]1[C@@H](CC=CCCCC(=O)O)[C@H]2CC[C@@H]1O2. The van der Waals surface area contributed by atoms with Crippen LogP contribution in [-0.4, -0.2) is 39.0 Å². The molecule has 0 saturated carbocycles. The summed E-state index contributed by atoms with van der Waals surface area (Å²) < 4.78 is 18.3. The van der Waals surface area contributed by atoms with Gasteiger partial charge in [-0.3, -0.25) is 9.00 Å². The van der Waals surface area contributed by atoms with E-state index in [1.54, 1.807) is 0 Å². The Morgan fingerprint density at radius 3 is 2.60 bits per heavy atom. The topological polar surface area (TPSA) is 63.6 Å².